The molecule has 3 rings (SSSR count). The molecule has 0 fully saturated rings. The fourth-order valence-corrected chi connectivity index (χ4v) is 3.10. The van der Waals surface area contributed by atoms with Crippen LogP contribution in [0.5, 0.6) is 5.88 Å². The van der Waals surface area contributed by atoms with Gasteiger partial charge in [0.05, 0.1) is 13.1 Å². The zero-order valence-corrected chi connectivity index (χ0v) is 16.2. The zero-order chi connectivity index (χ0) is 18.7. The second kappa shape index (κ2) is 10.3. The van der Waals surface area contributed by atoms with E-state index in [0.29, 0.717) is 19.0 Å². The number of pyridine rings is 1. The van der Waals surface area contributed by atoms with Crippen LogP contribution in [0.1, 0.15) is 22.9 Å². The predicted octanol–water partition coefficient (Wildman–Crippen LogP) is 3.98. The maximum atomic E-state index is 5.79. The summed E-state index contributed by atoms with van der Waals surface area (Å²) in [6, 6.07) is 18.1. The van der Waals surface area contributed by atoms with Crippen LogP contribution in [0.3, 0.4) is 0 Å². The summed E-state index contributed by atoms with van der Waals surface area (Å²) in [5.41, 5.74) is 2.18. The average Bonchev–Trinajstić information content (AvgIpc) is 3.23. The van der Waals surface area contributed by atoms with Crippen molar-refractivity contribution in [3.05, 3.63) is 82.2 Å². The lowest BCUT2D eigenvalue weighted by Crippen LogP contribution is -2.36. The van der Waals surface area contributed by atoms with Crippen molar-refractivity contribution in [2.75, 3.05) is 6.54 Å². The molecule has 0 unspecified atom stereocenters. The van der Waals surface area contributed by atoms with Crippen molar-refractivity contribution in [3.8, 4) is 5.88 Å². The first kappa shape index (κ1) is 18.9. The van der Waals surface area contributed by atoms with Gasteiger partial charge in [-0.3, -0.25) is 0 Å². The number of nitrogens with one attached hydrogen (secondary N) is 2. The number of benzene rings is 1. The van der Waals surface area contributed by atoms with E-state index in [-0.39, 0.29) is 0 Å². The topological polar surface area (TPSA) is 58.5 Å². The van der Waals surface area contributed by atoms with E-state index in [1.807, 2.05) is 42.5 Å². The smallest absolute Gasteiger partial charge is 0.213 e. The first-order chi connectivity index (χ1) is 13.3. The molecule has 0 aliphatic carbocycles. The SMILES string of the molecule is CCNC(=NCc1ccnc(OCc2ccccc2)c1)NCc1cccs1. The lowest BCUT2D eigenvalue weighted by molar-refractivity contribution is 0.293. The van der Waals surface area contributed by atoms with E-state index in [9.17, 15) is 0 Å². The minimum atomic E-state index is 0.506. The molecular weight excluding hydrogens is 356 g/mol. The number of ether oxygens (including phenoxy) is 1. The molecular formula is C21H24N4OS. The summed E-state index contributed by atoms with van der Waals surface area (Å²) in [5, 5.41) is 8.71. The molecule has 0 atom stereocenters. The molecule has 140 valence electrons. The molecule has 0 amide bonds. The van der Waals surface area contributed by atoms with Crippen LogP contribution >= 0.6 is 11.3 Å². The summed E-state index contributed by atoms with van der Waals surface area (Å²) in [4.78, 5) is 10.2. The molecule has 0 saturated heterocycles. The van der Waals surface area contributed by atoms with Gasteiger partial charge in [-0.2, -0.15) is 0 Å². The van der Waals surface area contributed by atoms with Gasteiger partial charge in [0.15, 0.2) is 5.96 Å². The Morgan fingerprint density at radius 1 is 1.07 bits per heavy atom. The molecule has 0 bridgehead atoms. The van der Waals surface area contributed by atoms with Crippen molar-refractivity contribution in [3.63, 3.8) is 0 Å². The maximum Gasteiger partial charge on any atom is 0.213 e. The van der Waals surface area contributed by atoms with E-state index in [2.05, 4.69) is 45.0 Å². The van der Waals surface area contributed by atoms with Crippen molar-refractivity contribution in [1.82, 2.24) is 15.6 Å². The number of aromatic nitrogens is 1. The standard InChI is InChI=1S/C21H24N4OS/c1-2-22-21(25-15-19-9-6-12-27-19)24-14-18-10-11-23-20(13-18)26-16-17-7-4-3-5-8-17/h3-13H,2,14-16H2,1H3,(H2,22,24,25). The van der Waals surface area contributed by atoms with Gasteiger partial charge in [-0.25, -0.2) is 9.98 Å². The highest BCUT2D eigenvalue weighted by molar-refractivity contribution is 7.09. The summed E-state index contributed by atoms with van der Waals surface area (Å²) >= 11 is 1.73. The lowest BCUT2D eigenvalue weighted by Gasteiger charge is -2.11. The van der Waals surface area contributed by atoms with E-state index in [4.69, 9.17) is 4.74 Å². The highest BCUT2D eigenvalue weighted by atomic mass is 32.1. The lowest BCUT2D eigenvalue weighted by atomic mass is 10.2. The molecule has 6 heteroatoms. The van der Waals surface area contributed by atoms with Crippen molar-refractivity contribution >= 4 is 17.3 Å². The summed E-state index contributed by atoms with van der Waals surface area (Å²) in [6.45, 7) is 4.71. The Kier molecular flexibility index (Phi) is 7.24. The van der Waals surface area contributed by atoms with Gasteiger partial charge in [-0.05, 0) is 35.6 Å². The van der Waals surface area contributed by atoms with E-state index in [0.717, 1.165) is 30.2 Å². The maximum absolute atomic E-state index is 5.79. The summed E-state index contributed by atoms with van der Waals surface area (Å²) in [6.07, 6.45) is 1.76. The van der Waals surface area contributed by atoms with E-state index >= 15 is 0 Å². The molecule has 0 aliphatic rings. The van der Waals surface area contributed by atoms with Gasteiger partial charge >= 0.3 is 0 Å². The first-order valence-corrected chi connectivity index (χ1v) is 9.87. The molecule has 3 aromatic rings. The van der Waals surface area contributed by atoms with Gasteiger partial charge in [0.2, 0.25) is 5.88 Å². The van der Waals surface area contributed by atoms with Gasteiger partial charge in [-0.1, -0.05) is 36.4 Å². The second-order valence-corrected chi connectivity index (χ2v) is 6.94. The number of nitrogens with zero attached hydrogens (tertiary/aromatic N) is 2. The average molecular weight is 381 g/mol. The number of thiophene rings is 1. The van der Waals surface area contributed by atoms with Crippen LogP contribution in [0, 0.1) is 0 Å². The number of rotatable bonds is 8. The van der Waals surface area contributed by atoms with Crippen molar-refractivity contribution in [1.29, 1.82) is 0 Å². The third kappa shape index (κ3) is 6.42. The quantitative estimate of drug-likeness (QED) is 0.458. The minimum absolute atomic E-state index is 0.506. The van der Waals surface area contributed by atoms with Gasteiger partial charge in [-0.15, -0.1) is 11.3 Å². The molecule has 0 spiro atoms. The van der Waals surface area contributed by atoms with Crippen LogP contribution in [0.25, 0.3) is 0 Å². The van der Waals surface area contributed by atoms with Crippen LogP contribution in [0.15, 0.2) is 71.2 Å². The Morgan fingerprint density at radius 2 is 1.96 bits per heavy atom. The Bertz CT molecular complexity index is 834. The van der Waals surface area contributed by atoms with Crippen LogP contribution in [-0.2, 0) is 19.7 Å². The van der Waals surface area contributed by atoms with E-state index in [1.54, 1.807) is 17.5 Å². The molecule has 27 heavy (non-hydrogen) atoms. The van der Waals surface area contributed by atoms with Crippen molar-refractivity contribution < 1.29 is 4.74 Å². The zero-order valence-electron chi connectivity index (χ0n) is 15.4. The van der Waals surface area contributed by atoms with Gasteiger partial charge in [0.1, 0.15) is 6.61 Å². The molecule has 0 aliphatic heterocycles. The second-order valence-electron chi connectivity index (χ2n) is 5.90. The van der Waals surface area contributed by atoms with Gasteiger partial charge in [0.25, 0.3) is 0 Å². The molecule has 2 heterocycles. The monoisotopic (exact) mass is 380 g/mol. The van der Waals surface area contributed by atoms with Crippen molar-refractivity contribution in [2.45, 2.75) is 26.6 Å². The summed E-state index contributed by atoms with van der Waals surface area (Å²) in [5.74, 6) is 1.41. The van der Waals surface area contributed by atoms with Gasteiger partial charge in [0, 0.05) is 23.7 Å². The fourth-order valence-electron chi connectivity index (χ4n) is 2.46. The molecule has 0 saturated carbocycles. The van der Waals surface area contributed by atoms with Crippen LogP contribution in [0.4, 0.5) is 0 Å². The van der Waals surface area contributed by atoms with Gasteiger partial charge < -0.3 is 15.4 Å². The predicted molar refractivity (Wildman–Crippen MR) is 111 cm³/mol. The molecule has 2 aromatic heterocycles. The highest BCUT2D eigenvalue weighted by Crippen LogP contribution is 2.13. The first-order valence-electron chi connectivity index (χ1n) is 8.99. The number of guanidine groups is 1. The largest absolute Gasteiger partial charge is 0.473 e. The third-order valence-corrected chi connectivity index (χ3v) is 4.68. The van der Waals surface area contributed by atoms with E-state index < -0.39 is 0 Å². The molecule has 0 radical (unpaired) electrons. The van der Waals surface area contributed by atoms with Crippen molar-refractivity contribution in [2.24, 2.45) is 4.99 Å². The summed E-state index contributed by atoms with van der Waals surface area (Å²) < 4.78 is 5.79. The van der Waals surface area contributed by atoms with Crippen LogP contribution in [0.2, 0.25) is 0 Å². The number of hydrogen-bond acceptors (Lipinski definition) is 4. The molecule has 5 nitrogen and oxygen atoms in total. The van der Waals surface area contributed by atoms with Crippen LogP contribution < -0.4 is 15.4 Å². The fraction of sp³-hybridized carbons (Fsp3) is 0.238. The Balaban J connectivity index is 1.57. The molecule has 2 N–H and O–H groups in total. The number of hydrogen-bond donors (Lipinski definition) is 2. The summed E-state index contributed by atoms with van der Waals surface area (Å²) in [7, 11) is 0. The molecule has 1 aromatic carbocycles. The normalized spacial score (nSPS) is 11.2. The Morgan fingerprint density at radius 3 is 2.74 bits per heavy atom. The van der Waals surface area contributed by atoms with Crippen LogP contribution in [-0.4, -0.2) is 17.5 Å². The third-order valence-electron chi connectivity index (χ3n) is 3.80. The number of aliphatic imine (C=N–C) groups is 1. The highest BCUT2D eigenvalue weighted by Gasteiger charge is 2.02. The minimum Gasteiger partial charge on any atom is -0.473 e. The Hall–Kier alpha value is -2.86. The Labute approximate surface area is 164 Å². The van der Waals surface area contributed by atoms with E-state index in [1.165, 1.54) is 4.88 Å².